The molecule has 118 valence electrons. The van der Waals surface area contributed by atoms with Gasteiger partial charge in [0.1, 0.15) is 0 Å². The van der Waals surface area contributed by atoms with Crippen LogP contribution in [0.3, 0.4) is 0 Å². The summed E-state index contributed by atoms with van der Waals surface area (Å²) >= 11 is 18.4. The van der Waals surface area contributed by atoms with Gasteiger partial charge in [-0.25, -0.2) is 0 Å². The van der Waals surface area contributed by atoms with Crippen molar-refractivity contribution in [3.05, 3.63) is 32.8 Å². The van der Waals surface area contributed by atoms with Crippen molar-refractivity contribution in [2.75, 3.05) is 6.54 Å². The highest BCUT2D eigenvalue weighted by Crippen LogP contribution is 2.35. The highest BCUT2D eigenvalue weighted by molar-refractivity contribution is 6.48. The standard InChI is InChI=1S/C17H24Cl3N/c1-11-4-3-5-13(10-11)8-9-21-12(2)14-6-7-15(18)17(20)16(14)19/h6-7,11-13,21H,3-5,8-10H2,1-2H3. The van der Waals surface area contributed by atoms with Crippen LogP contribution in [-0.2, 0) is 0 Å². The molecule has 1 aromatic rings. The van der Waals surface area contributed by atoms with Crippen LogP contribution in [0.2, 0.25) is 15.1 Å². The normalized spacial score (nSPS) is 24.0. The van der Waals surface area contributed by atoms with Gasteiger partial charge in [0.2, 0.25) is 0 Å². The topological polar surface area (TPSA) is 12.0 Å². The number of benzene rings is 1. The molecule has 1 N–H and O–H groups in total. The molecule has 3 atom stereocenters. The van der Waals surface area contributed by atoms with Crippen LogP contribution >= 0.6 is 34.8 Å². The van der Waals surface area contributed by atoms with E-state index in [9.17, 15) is 0 Å². The van der Waals surface area contributed by atoms with E-state index >= 15 is 0 Å². The van der Waals surface area contributed by atoms with Crippen molar-refractivity contribution < 1.29 is 0 Å². The van der Waals surface area contributed by atoms with Gasteiger partial charge in [0, 0.05) is 6.04 Å². The first-order valence-electron chi connectivity index (χ1n) is 7.85. The van der Waals surface area contributed by atoms with Crippen molar-refractivity contribution in [1.29, 1.82) is 0 Å². The van der Waals surface area contributed by atoms with E-state index in [1.807, 2.05) is 12.1 Å². The lowest BCUT2D eigenvalue weighted by Gasteiger charge is -2.27. The van der Waals surface area contributed by atoms with Gasteiger partial charge in [-0.3, -0.25) is 0 Å². The molecular formula is C17H24Cl3N. The van der Waals surface area contributed by atoms with Gasteiger partial charge in [-0.05, 0) is 49.8 Å². The average Bonchev–Trinajstić information content (AvgIpc) is 2.45. The molecule has 1 aliphatic rings. The molecule has 0 saturated heterocycles. The van der Waals surface area contributed by atoms with Crippen LogP contribution in [0.1, 0.15) is 57.6 Å². The summed E-state index contributed by atoms with van der Waals surface area (Å²) in [5.74, 6) is 1.77. The molecule has 0 amide bonds. The quantitative estimate of drug-likeness (QED) is 0.598. The van der Waals surface area contributed by atoms with Crippen LogP contribution in [0.15, 0.2) is 12.1 Å². The molecule has 0 aromatic heterocycles. The molecule has 1 aromatic carbocycles. The van der Waals surface area contributed by atoms with Crippen molar-refractivity contribution in [3.63, 3.8) is 0 Å². The van der Waals surface area contributed by atoms with Crippen molar-refractivity contribution >= 4 is 34.8 Å². The van der Waals surface area contributed by atoms with E-state index in [1.54, 1.807) is 0 Å². The zero-order valence-electron chi connectivity index (χ0n) is 12.8. The fourth-order valence-electron chi connectivity index (χ4n) is 3.31. The van der Waals surface area contributed by atoms with Crippen LogP contribution in [0.25, 0.3) is 0 Å². The molecule has 21 heavy (non-hydrogen) atoms. The lowest BCUT2D eigenvalue weighted by Crippen LogP contribution is -2.24. The first kappa shape index (κ1) is 17.4. The van der Waals surface area contributed by atoms with Crippen LogP contribution in [0, 0.1) is 11.8 Å². The lowest BCUT2D eigenvalue weighted by atomic mass is 9.81. The molecule has 1 aliphatic carbocycles. The van der Waals surface area contributed by atoms with Crippen molar-refractivity contribution in [2.24, 2.45) is 11.8 Å². The summed E-state index contributed by atoms with van der Waals surface area (Å²) in [7, 11) is 0. The zero-order valence-corrected chi connectivity index (χ0v) is 15.0. The second-order valence-corrected chi connectivity index (χ2v) is 7.53. The summed E-state index contributed by atoms with van der Waals surface area (Å²) in [4.78, 5) is 0. The Labute approximate surface area is 143 Å². The van der Waals surface area contributed by atoms with Gasteiger partial charge in [-0.15, -0.1) is 0 Å². The fourth-order valence-corrected chi connectivity index (χ4v) is 4.02. The molecular weight excluding hydrogens is 325 g/mol. The summed E-state index contributed by atoms with van der Waals surface area (Å²) in [6, 6.07) is 3.96. The molecule has 3 unspecified atom stereocenters. The minimum atomic E-state index is 0.188. The van der Waals surface area contributed by atoms with Crippen molar-refractivity contribution in [2.45, 2.75) is 52.0 Å². The van der Waals surface area contributed by atoms with Gasteiger partial charge in [0.05, 0.1) is 15.1 Å². The maximum Gasteiger partial charge on any atom is 0.0781 e. The summed E-state index contributed by atoms with van der Waals surface area (Å²) < 4.78 is 0. The molecule has 1 nitrogen and oxygen atoms in total. The van der Waals surface area contributed by atoms with E-state index in [4.69, 9.17) is 34.8 Å². The smallest absolute Gasteiger partial charge is 0.0781 e. The third-order valence-corrected chi connectivity index (χ3v) is 5.89. The number of hydrogen-bond acceptors (Lipinski definition) is 1. The number of rotatable bonds is 5. The van der Waals surface area contributed by atoms with E-state index in [0.717, 1.165) is 23.9 Å². The summed E-state index contributed by atoms with van der Waals surface area (Å²) in [6.07, 6.45) is 6.80. The molecule has 1 saturated carbocycles. The van der Waals surface area contributed by atoms with Crippen LogP contribution in [0.5, 0.6) is 0 Å². The SMILES string of the molecule is CC1CCCC(CCNC(C)c2ccc(Cl)c(Cl)c2Cl)C1. The van der Waals surface area contributed by atoms with E-state index in [0.29, 0.717) is 15.1 Å². The van der Waals surface area contributed by atoms with Crippen LogP contribution in [0.4, 0.5) is 0 Å². The van der Waals surface area contributed by atoms with Crippen molar-refractivity contribution in [1.82, 2.24) is 5.32 Å². The van der Waals surface area contributed by atoms with Gasteiger partial charge in [0.15, 0.2) is 0 Å². The summed E-state index contributed by atoms with van der Waals surface area (Å²) in [6.45, 7) is 5.52. The van der Waals surface area contributed by atoms with Crippen molar-refractivity contribution in [3.8, 4) is 0 Å². The Morgan fingerprint density at radius 2 is 1.95 bits per heavy atom. The Morgan fingerprint density at radius 1 is 1.19 bits per heavy atom. The largest absolute Gasteiger partial charge is 0.310 e. The van der Waals surface area contributed by atoms with Gasteiger partial charge in [-0.2, -0.15) is 0 Å². The number of hydrogen-bond donors (Lipinski definition) is 1. The van der Waals surface area contributed by atoms with Gasteiger partial charge >= 0.3 is 0 Å². The Balaban J connectivity index is 1.84. The third kappa shape index (κ3) is 4.76. The van der Waals surface area contributed by atoms with E-state index in [2.05, 4.69) is 19.2 Å². The highest BCUT2D eigenvalue weighted by atomic mass is 35.5. The second kappa shape index (κ2) is 8.06. The first-order chi connectivity index (χ1) is 9.99. The zero-order chi connectivity index (χ0) is 15.4. The Bertz CT molecular complexity index is 475. The van der Waals surface area contributed by atoms with E-state index in [1.165, 1.54) is 32.1 Å². The second-order valence-electron chi connectivity index (χ2n) is 6.37. The van der Waals surface area contributed by atoms with Gasteiger partial charge < -0.3 is 5.32 Å². The monoisotopic (exact) mass is 347 g/mol. The molecule has 2 rings (SSSR count). The molecule has 1 fully saturated rings. The van der Waals surface area contributed by atoms with E-state index in [-0.39, 0.29) is 6.04 Å². The number of halogens is 3. The van der Waals surface area contributed by atoms with Gasteiger partial charge in [0.25, 0.3) is 0 Å². The maximum absolute atomic E-state index is 6.28. The number of nitrogens with one attached hydrogen (secondary N) is 1. The molecule has 0 bridgehead atoms. The minimum Gasteiger partial charge on any atom is -0.310 e. The summed E-state index contributed by atoms with van der Waals surface area (Å²) in [5.41, 5.74) is 1.02. The maximum atomic E-state index is 6.28. The lowest BCUT2D eigenvalue weighted by molar-refractivity contribution is 0.265. The van der Waals surface area contributed by atoms with Crippen LogP contribution < -0.4 is 5.32 Å². The third-order valence-electron chi connectivity index (χ3n) is 4.58. The van der Waals surface area contributed by atoms with E-state index < -0.39 is 0 Å². The Hall–Kier alpha value is 0.0500. The van der Waals surface area contributed by atoms with Gasteiger partial charge in [-0.1, -0.05) is 67.1 Å². The predicted molar refractivity (Wildman–Crippen MR) is 93.6 cm³/mol. The molecule has 4 heteroatoms. The predicted octanol–water partition coefficient (Wildman–Crippen LogP) is 6.51. The average molecular weight is 349 g/mol. The summed E-state index contributed by atoms with van der Waals surface area (Å²) in [5, 5.41) is 5.09. The Morgan fingerprint density at radius 3 is 2.67 bits per heavy atom. The molecule has 0 radical (unpaired) electrons. The minimum absolute atomic E-state index is 0.188. The molecule has 0 aliphatic heterocycles. The van der Waals surface area contributed by atoms with Crippen LogP contribution in [-0.4, -0.2) is 6.54 Å². The molecule has 0 spiro atoms. The highest BCUT2D eigenvalue weighted by Gasteiger charge is 2.19. The fraction of sp³-hybridized carbons (Fsp3) is 0.647. The Kier molecular flexibility index (Phi) is 6.68. The molecule has 0 heterocycles. The first-order valence-corrected chi connectivity index (χ1v) is 8.99.